The van der Waals surface area contributed by atoms with E-state index < -0.39 is 12.0 Å². The Morgan fingerprint density at radius 2 is 2.10 bits per heavy atom. The number of hydrogen-bond acceptors (Lipinski definition) is 4. The molecule has 1 N–H and O–H groups in total. The lowest BCUT2D eigenvalue weighted by Gasteiger charge is -2.32. The van der Waals surface area contributed by atoms with E-state index in [-0.39, 0.29) is 5.91 Å². The predicted octanol–water partition coefficient (Wildman–Crippen LogP) is 2.48. The largest absolute Gasteiger partial charge is 0.480 e. The summed E-state index contributed by atoms with van der Waals surface area (Å²) in [5.41, 5.74) is 0.746. The van der Waals surface area contributed by atoms with Crippen LogP contribution >= 0.6 is 11.3 Å². The fraction of sp³-hybridized carbons (Fsp3) is 0.667. The van der Waals surface area contributed by atoms with Crippen LogP contribution in [0.15, 0.2) is 0 Å². The molecule has 1 unspecified atom stereocenters. The van der Waals surface area contributed by atoms with Crippen molar-refractivity contribution in [1.29, 1.82) is 0 Å². The maximum absolute atomic E-state index is 12.7. The van der Waals surface area contributed by atoms with Gasteiger partial charge in [0.15, 0.2) is 0 Å². The van der Waals surface area contributed by atoms with Gasteiger partial charge in [0.1, 0.15) is 10.9 Å². The lowest BCUT2D eigenvalue weighted by atomic mass is 10.0. The number of aryl methyl sites for hydroxylation is 1. The summed E-state index contributed by atoms with van der Waals surface area (Å²) in [6.45, 7) is 2.38. The van der Waals surface area contributed by atoms with Crippen molar-refractivity contribution in [3.63, 3.8) is 0 Å². The van der Waals surface area contributed by atoms with Crippen LogP contribution in [0.1, 0.15) is 52.5 Å². The molecule has 6 heteroatoms. The normalized spacial score (nSPS) is 22.3. The molecule has 1 aromatic rings. The molecule has 21 heavy (non-hydrogen) atoms. The molecule has 0 aromatic carbocycles. The monoisotopic (exact) mass is 308 g/mol. The van der Waals surface area contributed by atoms with E-state index in [1.807, 2.05) is 6.92 Å². The molecule has 1 aromatic heterocycles. The number of rotatable bonds is 4. The van der Waals surface area contributed by atoms with Crippen molar-refractivity contribution in [3.05, 3.63) is 15.6 Å². The van der Waals surface area contributed by atoms with Crippen LogP contribution in [0.2, 0.25) is 0 Å². The molecule has 0 spiro atoms. The van der Waals surface area contributed by atoms with Gasteiger partial charge < -0.3 is 10.0 Å². The van der Waals surface area contributed by atoms with Gasteiger partial charge in [-0.25, -0.2) is 9.78 Å². The van der Waals surface area contributed by atoms with Crippen molar-refractivity contribution in [1.82, 2.24) is 9.88 Å². The number of amides is 1. The van der Waals surface area contributed by atoms with E-state index in [0.29, 0.717) is 17.8 Å². The minimum absolute atomic E-state index is 0.154. The second-order valence-electron chi connectivity index (χ2n) is 6.02. The summed E-state index contributed by atoms with van der Waals surface area (Å²) < 4.78 is 0. The predicted molar refractivity (Wildman–Crippen MR) is 79.6 cm³/mol. The van der Waals surface area contributed by atoms with Crippen LogP contribution in [0, 0.1) is 12.8 Å². The third kappa shape index (κ3) is 3.10. The van der Waals surface area contributed by atoms with E-state index in [1.54, 1.807) is 0 Å². The van der Waals surface area contributed by atoms with Crippen molar-refractivity contribution in [2.45, 2.75) is 51.5 Å². The van der Waals surface area contributed by atoms with Crippen molar-refractivity contribution in [3.8, 4) is 0 Å². The van der Waals surface area contributed by atoms with Crippen LogP contribution in [-0.4, -0.2) is 39.5 Å². The van der Waals surface area contributed by atoms with Crippen molar-refractivity contribution >= 4 is 23.2 Å². The minimum atomic E-state index is -0.900. The molecule has 5 nitrogen and oxygen atoms in total. The molecule has 1 atom stereocenters. The van der Waals surface area contributed by atoms with E-state index in [9.17, 15) is 14.7 Å². The Morgan fingerprint density at radius 3 is 2.76 bits per heavy atom. The van der Waals surface area contributed by atoms with Crippen molar-refractivity contribution in [2.75, 3.05) is 6.54 Å². The second kappa shape index (κ2) is 5.75. The number of thiazole rings is 1. The summed E-state index contributed by atoms with van der Waals surface area (Å²) >= 11 is 1.45. The summed E-state index contributed by atoms with van der Waals surface area (Å²) in [7, 11) is 0. The van der Waals surface area contributed by atoms with Gasteiger partial charge in [-0.05, 0) is 44.9 Å². The lowest BCUT2D eigenvalue weighted by molar-refractivity contribution is -0.143. The van der Waals surface area contributed by atoms with E-state index in [1.165, 1.54) is 29.1 Å². The summed E-state index contributed by atoms with van der Waals surface area (Å²) in [6.07, 6.45) is 5.77. The number of carboxylic acid groups (broad SMARTS) is 1. The van der Waals surface area contributed by atoms with E-state index in [4.69, 9.17) is 0 Å². The Kier molecular flexibility index (Phi) is 3.97. The Bertz CT molecular complexity index is 565. The smallest absolute Gasteiger partial charge is 0.326 e. The van der Waals surface area contributed by atoms with Gasteiger partial charge in [0.2, 0.25) is 0 Å². The van der Waals surface area contributed by atoms with Crippen LogP contribution in [0.4, 0.5) is 0 Å². The molecule has 1 aliphatic carbocycles. The number of aliphatic carboxylic acids is 1. The number of aromatic nitrogens is 1. The maximum Gasteiger partial charge on any atom is 0.326 e. The average molecular weight is 308 g/mol. The first-order valence-electron chi connectivity index (χ1n) is 7.56. The van der Waals surface area contributed by atoms with E-state index >= 15 is 0 Å². The second-order valence-corrected chi connectivity index (χ2v) is 7.10. The molecule has 1 saturated carbocycles. The molecule has 2 aliphatic rings. The molecule has 0 bridgehead atoms. The first-order valence-corrected chi connectivity index (χ1v) is 8.38. The SMILES string of the molecule is Cc1nc(CC2CC2)sc1C(=O)N1CCCCC1C(=O)O. The first kappa shape index (κ1) is 14.5. The van der Waals surface area contributed by atoms with E-state index in [2.05, 4.69) is 4.98 Å². The van der Waals surface area contributed by atoms with Crippen LogP contribution in [0.3, 0.4) is 0 Å². The maximum atomic E-state index is 12.7. The zero-order chi connectivity index (χ0) is 15.0. The summed E-state index contributed by atoms with van der Waals surface area (Å²) in [4.78, 5) is 30.7. The number of piperidine rings is 1. The van der Waals surface area contributed by atoms with Gasteiger partial charge >= 0.3 is 5.97 Å². The average Bonchev–Trinajstić information content (AvgIpc) is 3.20. The number of carbonyl (C=O) groups is 2. The molecule has 2 heterocycles. The van der Waals surface area contributed by atoms with Gasteiger partial charge in [-0.2, -0.15) is 0 Å². The van der Waals surface area contributed by atoms with Gasteiger partial charge in [0, 0.05) is 13.0 Å². The van der Waals surface area contributed by atoms with E-state index in [0.717, 1.165) is 35.9 Å². The quantitative estimate of drug-likeness (QED) is 0.927. The topological polar surface area (TPSA) is 70.5 Å². The van der Waals surface area contributed by atoms with Crippen LogP contribution in [-0.2, 0) is 11.2 Å². The number of nitrogens with zero attached hydrogens (tertiary/aromatic N) is 2. The summed E-state index contributed by atoms with van der Waals surface area (Å²) in [6, 6.07) is -0.681. The van der Waals surface area contributed by atoms with Crippen molar-refractivity contribution in [2.24, 2.45) is 5.92 Å². The van der Waals surface area contributed by atoms with Gasteiger partial charge in [-0.1, -0.05) is 0 Å². The van der Waals surface area contributed by atoms with Crippen molar-refractivity contribution < 1.29 is 14.7 Å². The highest BCUT2D eigenvalue weighted by Crippen LogP contribution is 2.34. The third-order valence-electron chi connectivity index (χ3n) is 4.24. The van der Waals surface area contributed by atoms with Gasteiger partial charge in [0.25, 0.3) is 5.91 Å². The molecule has 1 aliphatic heterocycles. The Hall–Kier alpha value is -1.43. The molecule has 0 radical (unpaired) electrons. The Morgan fingerprint density at radius 1 is 1.33 bits per heavy atom. The molecular formula is C15H20N2O3S. The van der Waals surface area contributed by atoms with Crippen LogP contribution < -0.4 is 0 Å². The Balaban J connectivity index is 1.79. The number of likely N-dealkylation sites (tertiary alicyclic amines) is 1. The third-order valence-corrected chi connectivity index (χ3v) is 5.41. The Labute approximate surface area is 128 Å². The number of hydrogen-bond donors (Lipinski definition) is 1. The molecule has 1 amide bonds. The number of carboxylic acids is 1. The molecular weight excluding hydrogens is 288 g/mol. The van der Waals surface area contributed by atoms with Gasteiger partial charge in [-0.15, -0.1) is 11.3 Å². The molecule has 2 fully saturated rings. The first-order chi connectivity index (χ1) is 10.1. The minimum Gasteiger partial charge on any atom is -0.480 e. The lowest BCUT2D eigenvalue weighted by Crippen LogP contribution is -2.47. The van der Waals surface area contributed by atoms with Gasteiger partial charge in [0.05, 0.1) is 10.7 Å². The summed E-state index contributed by atoms with van der Waals surface area (Å²) in [5.74, 6) is -0.317. The van der Waals surface area contributed by atoms with Crippen LogP contribution in [0.5, 0.6) is 0 Å². The highest BCUT2D eigenvalue weighted by atomic mass is 32.1. The number of carbonyl (C=O) groups excluding carboxylic acids is 1. The molecule has 3 rings (SSSR count). The molecule has 1 saturated heterocycles. The van der Waals surface area contributed by atoms with Gasteiger partial charge in [-0.3, -0.25) is 4.79 Å². The summed E-state index contributed by atoms with van der Waals surface area (Å²) in [5, 5.41) is 10.3. The zero-order valence-electron chi connectivity index (χ0n) is 12.2. The standard InChI is InChI=1S/C15H20N2O3S/c1-9-13(21-12(16-9)8-10-5-6-10)14(18)17-7-3-2-4-11(17)15(19)20/h10-11H,2-8H2,1H3,(H,19,20). The molecule has 114 valence electrons. The highest BCUT2D eigenvalue weighted by molar-refractivity contribution is 7.13. The highest BCUT2D eigenvalue weighted by Gasteiger charge is 2.34. The zero-order valence-corrected chi connectivity index (χ0v) is 13.0. The fourth-order valence-corrected chi connectivity index (χ4v) is 4.00. The van der Waals surface area contributed by atoms with Crippen LogP contribution in [0.25, 0.3) is 0 Å². The fourth-order valence-electron chi connectivity index (χ4n) is 2.87.